The largest absolute Gasteiger partial charge is 0.394 e. The predicted octanol–water partition coefficient (Wildman–Crippen LogP) is -0.771. The van der Waals surface area contributed by atoms with E-state index in [2.05, 4.69) is 11.8 Å². The number of amides is 1. The Kier molecular flexibility index (Phi) is 3.74. The molecule has 4 nitrogen and oxygen atoms in total. The SMILES string of the molecule is CC#CC(=O)N1CCOC(CO)C1. The third kappa shape index (κ3) is 2.72. The van der Waals surface area contributed by atoms with Gasteiger partial charge in [0.25, 0.3) is 5.91 Å². The summed E-state index contributed by atoms with van der Waals surface area (Å²) < 4.78 is 5.19. The average molecular weight is 183 g/mol. The fourth-order valence-corrected chi connectivity index (χ4v) is 1.20. The lowest BCUT2D eigenvalue weighted by atomic mass is 10.3. The van der Waals surface area contributed by atoms with Gasteiger partial charge >= 0.3 is 0 Å². The summed E-state index contributed by atoms with van der Waals surface area (Å²) in [6, 6.07) is 0. The van der Waals surface area contributed by atoms with E-state index in [4.69, 9.17) is 9.84 Å². The van der Waals surface area contributed by atoms with Gasteiger partial charge in [0.05, 0.1) is 25.9 Å². The van der Waals surface area contributed by atoms with Crippen LogP contribution in [0.25, 0.3) is 0 Å². The molecule has 13 heavy (non-hydrogen) atoms. The van der Waals surface area contributed by atoms with E-state index in [-0.39, 0.29) is 18.6 Å². The molecule has 0 aromatic rings. The van der Waals surface area contributed by atoms with Crippen LogP contribution in [0.2, 0.25) is 0 Å². The van der Waals surface area contributed by atoms with E-state index in [9.17, 15) is 4.79 Å². The predicted molar refractivity (Wildman–Crippen MR) is 46.9 cm³/mol. The van der Waals surface area contributed by atoms with Gasteiger partial charge in [-0.25, -0.2) is 0 Å². The number of morpholine rings is 1. The number of rotatable bonds is 1. The molecule has 0 aliphatic carbocycles. The molecule has 1 N–H and O–H groups in total. The number of aliphatic hydroxyl groups excluding tert-OH is 1. The Bertz CT molecular complexity index is 241. The summed E-state index contributed by atoms with van der Waals surface area (Å²) in [6.07, 6.45) is -0.253. The van der Waals surface area contributed by atoms with Crippen molar-refractivity contribution in [1.82, 2.24) is 4.90 Å². The van der Waals surface area contributed by atoms with Gasteiger partial charge < -0.3 is 14.7 Å². The smallest absolute Gasteiger partial charge is 0.298 e. The Morgan fingerprint density at radius 1 is 1.77 bits per heavy atom. The molecule has 1 aliphatic rings. The van der Waals surface area contributed by atoms with Crippen molar-refractivity contribution in [2.75, 3.05) is 26.3 Å². The first-order valence-electron chi connectivity index (χ1n) is 4.22. The molecule has 1 heterocycles. The fourth-order valence-electron chi connectivity index (χ4n) is 1.20. The lowest BCUT2D eigenvalue weighted by Gasteiger charge is -2.30. The molecule has 4 heteroatoms. The summed E-state index contributed by atoms with van der Waals surface area (Å²) in [7, 11) is 0. The maximum atomic E-state index is 11.3. The molecule has 1 unspecified atom stereocenters. The van der Waals surface area contributed by atoms with Crippen molar-refractivity contribution in [2.24, 2.45) is 0 Å². The van der Waals surface area contributed by atoms with E-state index in [1.54, 1.807) is 11.8 Å². The highest BCUT2D eigenvalue weighted by molar-refractivity contribution is 5.93. The second-order valence-electron chi connectivity index (χ2n) is 2.80. The Balaban J connectivity index is 2.49. The van der Waals surface area contributed by atoms with Crippen molar-refractivity contribution in [2.45, 2.75) is 13.0 Å². The van der Waals surface area contributed by atoms with Crippen LogP contribution in [0.3, 0.4) is 0 Å². The first-order chi connectivity index (χ1) is 6.27. The molecule has 1 rings (SSSR count). The zero-order valence-electron chi connectivity index (χ0n) is 7.62. The van der Waals surface area contributed by atoms with Crippen LogP contribution in [0.15, 0.2) is 0 Å². The highest BCUT2D eigenvalue weighted by Crippen LogP contribution is 2.04. The molecule has 0 aromatic carbocycles. The van der Waals surface area contributed by atoms with Crippen molar-refractivity contribution in [3.05, 3.63) is 0 Å². The van der Waals surface area contributed by atoms with Crippen LogP contribution in [0, 0.1) is 11.8 Å². The quantitative estimate of drug-likeness (QED) is 0.543. The Hall–Kier alpha value is -1.05. The van der Waals surface area contributed by atoms with Crippen molar-refractivity contribution in [3.8, 4) is 11.8 Å². The minimum atomic E-state index is -0.253. The van der Waals surface area contributed by atoms with Crippen LogP contribution in [0.5, 0.6) is 0 Å². The summed E-state index contributed by atoms with van der Waals surface area (Å²) in [6.45, 7) is 3.04. The Morgan fingerprint density at radius 2 is 2.54 bits per heavy atom. The zero-order valence-corrected chi connectivity index (χ0v) is 7.62. The average Bonchev–Trinajstić information content (AvgIpc) is 2.18. The summed E-state index contributed by atoms with van der Waals surface area (Å²) in [4.78, 5) is 12.9. The molecule has 72 valence electrons. The summed E-state index contributed by atoms with van der Waals surface area (Å²) in [5.41, 5.74) is 0. The number of hydrogen-bond donors (Lipinski definition) is 1. The second kappa shape index (κ2) is 4.85. The first kappa shape index (κ1) is 10.0. The van der Waals surface area contributed by atoms with Crippen molar-refractivity contribution in [3.63, 3.8) is 0 Å². The molecule has 1 fully saturated rings. The Morgan fingerprint density at radius 3 is 3.15 bits per heavy atom. The highest BCUT2D eigenvalue weighted by atomic mass is 16.5. The number of aliphatic hydroxyl groups is 1. The third-order valence-electron chi connectivity index (χ3n) is 1.86. The number of carbonyl (C=O) groups excluding carboxylic acids is 1. The number of carbonyl (C=O) groups is 1. The molecule has 1 saturated heterocycles. The van der Waals surface area contributed by atoms with E-state index >= 15 is 0 Å². The summed E-state index contributed by atoms with van der Waals surface area (Å²) in [5, 5.41) is 8.82. The van der Waals surface area contributed by atoms with Gasteiger partial charge in [-0.05, 0) is 12.8 Å². The first-order valence-corrected chi connectivity index (χ1v) is 4.22. The summed E-state index contributed by atoms with van der Waals surface area (Å²) >= 11 is 0. The number of ether oxygens (including phenoxy) is 1. The normalized spacial score (nSPS) is 22.0. The summed E-state index contributed by atoms with van der Waals surface area (Å²) in [5.74, 6) is 4.82. The topological polar surface area (TPSA) is 49.8 Å². The van der Waals surface area contributed by atoms with Gasteiger partial charge in [-0.2, -0.15) is 0 Å². The Labute approximate surface area is 77.5 Å². The lowest BCUT2D eigenvalue weighted by molar-refractivity contribution is -0.134. The third-order valence-corrected chi connectivity index (χ3v) is 1.86. The molecule has 0 bridgehead atoms. The minimum absolute atomic E-state index is 0.0522. The fraction of sp³-hybridized carbons (Fsp3) is 0.667. The standard InChI is InChI=1S/C9H13NO3/c1-2-3-9(12)10-4-5-13-8(6-10)7-11/h8,11H,4-7H2,1H3. The van der Waals surface area contributed by atoms with Crippen molar-refractivity contribution in [1.29, 1.82) is 0 Å². The van der Waals surface area contributed by atoms with Crippen LogP contribution in [0.4, 0.5) is 0 Å². The second-order valence-corrected chi connectivity index (χ2v) is 2.80. The van der Waals surface area contributed by atoms with Gasteiger partial charge in [0, 0.05) is 6.54 Å². The maximum absolute atomic E-state index is 11.3. The van der Waals surface area contributed by atoms with Crippen LogP contribution in [-0.2, 0) is 9.53 Å². The highest BCUT2D eigenvalue weighted by Gasteiger charge is 2.22. The molecule has 0 radical (unpaired) electrons. The number of hydrogen-bond acceptors (Lipinski definition) is 3. The molecule has 0 saturated carbocycles. The molecular weight excluding hydrogens is 170 g/mol. The number of nitrogens with zero attached hydrogens (tertiary/aromatic N) is 1. The maximum Gasteiger partial charge on any atom is 0.298 e. The van der Waals surface area contributed by atoms with Gasteiger partial charge in [-0.15, -0.1) is 0 Å². The van der Waals surface area contributed by atoms with Crippen LogP contribution in [-0.4, -0.2) is 48.3 Å². The van der Waals surface area contributed by atoms with E-state index in [0.29, 0.717) is 19.7 Å². The van der Waals surface area contributed by atoms with E-state index in [0.717, 1.165) is 0 Å². The molecular formula is C9H13NO3. The van der Waals surface area contributed by atoms with Crippen molar-refractivity contribution >= 4 is 5.91 Å². The van der Waals surface area contributed by atoms with Gasteiger partial charge in [0.15, 0.2) is 0 Å². The molecule has 1 aliphatic heterocycles. The van der Waals surface area contributed by atoms with Gasteiger partial charge in [0.1, 0.15) is 0 Å². The van der Waals surface area contributed by atoms with E-state index in [1.165, 1.54) is 0 Å². The molecule has 1 amide bonds. The molecule has 0 spiro atoms. The van der Waals surface area contributed by atoms with Crippen molar-refractivity contribution < 1.29 is 14.6 Å². The van der Waals surface area contributed by atoms with Crippen LogP contribution >= 0.6 is 0 Å². The molecule has 0 aromatic heterocycles. The van der Waals surface area contributed by atoms with Gasteiger partial charge in [-0.3, -0.25) is 4.79 Å². The van der Waals surface area contributed by atoms with Crippen LogP contribution < -0.4 is 0 Å². The monoisotopic (exact) mass is 183 g/mol. The minimum Gasteiger partial charge on any atom is -0.394 e. The van der Waals surface area contributed by atoms with Crippen LogP contribution in [0.1, 0.15) is 6.92 Å². The van der Waals surface area contributed by atoms with Gasteiger partial charge in [0.2, 0.25) is 0 Å². The van der Waals surface area contributed by atoms with Gasteiger partial charge in [-0.1, -0.05) is 5.92 Å². The van der Waals surface area contributed by atoms with E-state index in [1.807, 2.05) is 0 Å². The van der Waals surface area contributed by atoms with E-state index < -0.39 is 0 Å². The molecule has 1 atom stereocenters. The zero-order chi connectivity index (χ0) is 9.68. The lowest BCUT2D eigenvalue weighted by Crippen LogP contribution is -2.46.